The van der Waals surface area contributed by atoms with Crippen molar-refractivity contribution in [2.75, 3.05) is 49.7 Å². The molecule has 3 saturated heterocycles. The first-order valence-corrected chi connectivity index (χ1v) is 18.9. The molecule has 0 aromatic heterocycles. The van der Waals surface area contributed by atoms with E-state index in [0.717, 1.165) is 30.6 Å². The highest BCUT2D eigenvalue weighted by molar-refractivity contribution is 6.71. The summed E-state index contributed by atoms with van der Waals surface area (Å²) in [6.07, 6.45) is 0.950. The van der Waals surface area contributed by atoms with Gasteiger partial charge in [0.05, 0.1) is 51.1 Å². The van der Waals surface area contributed by atoms with E-state index in [1.54, 1.807) is 21.8 Å². The molecule has 2 aromatic carbocycles. The quantitative estimate of drug-likeness (QED) is 0.377. The van der Waals surface area contributed by atoms with Crippen molar-refractivity contribution in [2.45, 2.75) is 69.1 Å². The van der Waals surface area contributed by atoms with Gasteiger partial charge in [0.1, 0.15) is 5.75 Å². The molecular weight excluding hydrogens is 592 g/mol. The molecule has 0 aliphatic carbocycles. The van der Waals surface area contributed by atoms with Gasteiger partial charge in [0.15, 0.2) is 13.9 Å². The van der Waals surface area contributed by atoms with E-state index in [9.17, 15) is 24.3 Å². The summed E-state index contributed by atoms with van der Waals surface area (Å²) in [5.41, 5.74) is 1.30. The second kappa shape index (κ2) is 12.1. The minimum atomic E-state index is -2.96. The average Bonchev–Trinajstić information content (AvgIpc) is 3.68. The molecule has 2 aromatic rings. The van der Waals surface area contributed by atoms with Gasteiger partial charge in [-0.15, -0.1) is 0 Å². The molecule has 11 nitrogen and oxygen atoms in total. The van der Waals surface area contributed by atoms with E-state index in [4.69, 9.17) is 9.47 Å². The lowest BCUT2D eigenvalue weighted by atomic mass is 9.82. The zero-order chi connectivity index (χ0) is 32.1. The van der Waals surface area contributed by atoms with Crippen molar-refractivity contribution in [1.29, 1.82) is 0 Å². The van der Waals surface area contributed by atoms with Crippen LogP contribution in [0.5, 0.6) is 5.75 Å². The maximum atomic E-state index is 14.7. The minimum Gasteiger partial charge on any atom is -0.497 e. The lowest BCUT2D eigenvalue weighted by Crippen LogP contribution is -2.48. The van der Waals surface area contributed by atoms with E-state index in [-0.39, 0.29) is 43.3 Å². The predicted octanol–water partition coefficient (Wildman–Crippen LogP) is 2.35. The summed E-state index contributed by atoms with van der Waals surface area (Å²) in [4.78, 5) is 57.5. The van der Waals surface area contributed by atoms with Crippen LogP contribution >= 0.6 is 0 Å². The molecule has 3 fully saturated rings. The molecule has 3 N–H and O–H groups in total. The van der Waals surface area contributed by atoms with Gasteiger partial charge in [-0.2, -0.15) is 0 Å². The highest BCUT2D eigenvalue weighted by Gasteiger charge is 2.66. The van der Waals surface area contributed by atoms with Crippen LogP contribution in [0, 0.1) is 5.92 Å². The van der Waals surface area contributed by atoms with E-state index in [0.29, 0.717) is 36.6 Å². The van der Waals surface area contributed by atoms with Gasteiger partial charge in [-0.1, -0.05) is 19.1 Å². The van der Waals surface area contributed by atoms with Crippen LogP contribution in [0.2, 0.25) is 18.6 Å². The molecular formula is C33H44N4O7Si. The fourth-order valence-electron chi connectivity index (χ4n) is 8.03. The van der Waals surface area contributed by atoms with Gasteiger partial charge in [0, 0.05) is 42.3 Å². The van der Waals surface area contributed by atoms with Gasteiger partial charge in [0.25, 0.3) is 5.91 Å². The molecule has 5 atom stereocenters. The standard InChI is InChI=1S/C33H44N4O7Si/c1-21-31(45(3,4)42)28(17-29(39)35-14-5-6-24(35)20-38)44-33(21)26-16-25(43-2)11-12-27(26)37(32(33)41)19-22-7-9-23(10-8-22)36-15-13-34-18-30(36)40/h7-12,16,21,24,28,31,34,38,42H,5-6,13-15,17-20H2,1-4H3/t21-,24-,28+,31-,33+/m0/s1. The molecule has 6 rings (SSSR count). The second-order valence-corrected chi connectivity index (χ2v) is 17.3. The smallest absolute Gasteiger partial charge is 0.264 e. The van der Waals surface area contributed by atoms with Crippen LogP contribution < -0.4 is 19.9 Å². The van der Waals surface area contributed by atoms with Crippen LogP contribution in [0.4, 0.5) is 11.4 Å². The van der Waals surface area contributed by atoms with Gasteiger partial charge >= 0.3 is 0 Å². The number of methoxy groups -OCH3 is 1. The number of amides is 3. The largest absolute Gasteiger partial charge is 0.497 e. The highest BCUT2D eigenvalue weighted by Crippen LogP contribution is 2.60. The Hall–Kier alpha value is -3.29. The van der Waals surface area contributed by atoms with Crippen LogP contribution in [0.25, 0.3) is 0 Å². The zero-order valence-electron chi connectivity index (χ0n) is 26.5. The first-order chi connectivity index (χ1) is 21.5. The van der Waals surface area contributed by atoms with Crippen molar-refractivity contribution < 1.29 is 33.8 Å². The van der Waals surface area contributed by atoms with Crippen molar-refractivity contribution in [3.05, 3.63) is 53.6 Å². The van der Waals surface area contributed by atoms with Crippen molar-refractivity contribution in [3.63, 3.8) is 0 Å². The number of rotatable bonds is 8. The number of hydrogen-bond donors (Lipinski definition) is 3. The molecule has 4 aliphatic heterocycles. The fourth-order valence-corrected chi connectivity index (χ4v) is 10.6. The Morgan fingerprint density at radius 2 is 1.91 bits per heavy atom. The molecule has 0 radical (unpaired) electrons. The van der Waals surface area contributed by atoms with Crippen molar-refractivity contribution in [3.8, 4) is 5.75 Å². The normalized spacial score (nSPS) is 28.4. The predicted molar refractivity (Wildman–Crippen MR) is 171 cm³/mol. The SMILES string of the molecule is COc1ccc2c(c1)[C@@]1(O[C@H](CC(=O)N3CCC[C@H]3CO)[C@@H]([Si](C)(C)O)[C@@H]1C)C(=O)N2Cc1ccc(N2CCNCC2=O)cc1. The van der Waals surface area contributed by atoms with Gasteiger partial charge in [-0.25, -0.2) is 0 Å². The number of carbonyl (C=O) groups is 3. The molecule has 12 heteroatoms. The Balaban J connectivity index is 1.33. The average molecular weight is 637 g/mol. The fraction of sp³-hybridized carbons (Fsp3) is 0.545. The first kappa shape index (κ1) is 31.7. The third kappa shape index (κ3) is 5.46. The van der Waals surface area contributed by atoms with Gasteiger partial charge in [-0.05, 0) is 61.8 Å². The molecule has 45 heavy (non-hydrogen) atoms. The van der Waals surface area contributed by atoms with Crippen LogP contribution in [-0.4, -0.2) is 92.9 Å². The molecule has 3 amide bonds. The van der Waals surface area contributed by atoms with Gasteiger partial charge in [0.2, 0.25) is 11.8 Å². The monoisotopic (exact) mass is 636 g/mol. The summed E-state index contributed by atoms with van der Waals surface area (Å²) >= 11 is 0. The van der Waals surface area contributed by atoms with Crippen molar-refractivity contribution in [2.24, 2.45) is 5.92 Å². The van der Waals surface area contributed by atoms with Crippen molar-refractivity contribution >= 4 is 37.4 Å². The lowest BCUT2D eigenvalue weighted by Gasteiger charge is -2.33. The maximum Gasteiger partial charge on any atom is 0.264 e. The van der Waals surface area contributed by atoms with Crippen molar-refractivity contribution in [1.82, 2.24) is 10.2 Å². The number of fused-ring (bicyclic) bond motifs is 2. The topological polar surface area (TPSA) is 132 Å². The third-order valence-electron chi connectivity index (χ3n) is 10.2. The Bertz CT molecular complexity index is 1460. The summed E-state index contributed by atoms with van der Waals surface area (Å²) in [7, 11) is -1.38. The number of carbonyl (C=O) groups excluding carboxylic acids is 3. The number of hydrogen-bond acceptors (Lipinski definition) is 8. The highest BCUT2D eigenvalue weighted by atomic mass is 28.4. The number of anilines is 2. The van der Waals surface area contributed by atoms with E-state index in [2.05, 4.69) is 5.32 Å². The van der Waals surface area contributed by atoms with E-state index < -0.39 is 31.5 Å². The Morgan fingerprint density at radius 3 is 2.58 bits per heavy atom. The molecule has 0 bridgehead atoms. The number of piperazine rings is 1. The molecule has 0 saturated carbocycles. The molecule has 242 valence electrons. The number of nitrogens with one attached hydrogen (secondary N) is 1. The Labute approximate surface area is 265 Å². The number of aliphatic hydroxyl groups excluding tert-OH is 1. The van der Waals surface area contributed by atoms with Crippen LogP contribution in [0.3, 0.4) is 0 Å². The maximum absolute atomic E-state index is 14.7. The Morgan fingerprint density at radius 1 is 1.16 bits per heavy atom. The number of ether oxygens (including phenoxy) is 2. The number of likely N-dealkylation sites (tertiary alicyclic amines) is 1. The van der Waals surface area contributed by atoms with Gasteiger partial charge in [-0.3, -0.25) is 14.4 Å². The van der Waals surface area contributed by atoms with E-state index in [1.165, 1.54) is 0 Å². The summed E-state index contributed by atoms with van der Waals surface area (Å²) in [6, 6.07) is 13.0. The van der Waals surface area contributed by atoms with E-state index >= 15 is 0 Å². The summed E-state index contributed by atoms with van der Waals surface area (Å²) in [6.45, 7) is 8.06. The summed E-state index contributed by atoms with van der Waals surface area (Å²) in [5, 5.41) is 12.9. The lowest BCUT2D eigenvalue weighted by molar-refractivity contribution is -0.150. The summed E-state index contributed by atoms with van der Waals surface area (Å²) in [5.74, 6) is -0.162. The third-order valence-corrected chi connectivity index (χ3v) is 12.7. The van der Waals surface area contributed by atoms with Crippen LogP contribution in [0.1, 0.15) is 37.3 Å². The molecule has 0 unspecified atom stereocenters. The molecule has 4 heterocycles. The van der Waals surface area contributed by atoms with E-state index in [1.807, 2.05) is 62.5 Å². The van der Waals surface area contributed by atoms with Gasteiger partial charge < -0.3 is 39.4 Å². The number of nitrogens with zero attached hydrogens (tertiary/aromatic N) is 3. The minimum absolute atomic E-state index is 0.0236. The molecule has 4 aliphatic rings. The number of benzene rings is 2. The Kier molecular flexibility index (Phi) is 8.55. The van der Waals surface area contributed by atoms with Crippen LogP contribution in [-0.2, 0) is 31.3 Å². The number of aliphatic hydroxyl groups is 1. The molecule has 1 spiro atoms. The second-order valence-electron chi connectivity index (χ2n) is 13.3. The van der Waals surface area contributed by atoms with Crippen LogP contribution in [0.15, 0.2) is 42.5 Å². The first-order valence-electron chi connectivity index (χ1n) is 15.9. The zero-order valence-corrected chi connectivity index (χ0v) is 27.5. The summed E-state index contributed by atoms with van der Waals surface area (Å²) < 4.78 is 12.4.